The summed E-state index contributed by atoms with van der Waals surface area (Å²) in [4.78, 5) is 28.0. The Labute approximate surface area is 190 Å². The smallest absolute Gasteiger partial charge is 0.407 e. The lowest BCUT2D eigenvalue weighted by atomic mass is 9.79. The predicted octanol–water partition coefficient (Wildman–Crippen LogP) is 3.87. The molecule has 0 saturated carbocycles. The Morgan fingerprint density at radius 1 is 1.00 bits per heavy atom. The van der Waals surface area contributed by atoms with Gasteiger partial charge in [0.25, 0.3) is 0 Å². The molecule has 2 aromatic rings. The van der Waals surface area contributed by atoms with Crippen LogP contribution in [0.5, 0.6) is 0 Å². The first-order chi connectivity index (χ1) is 15.5. The van der Waals surface area contributed by atoms with Crippen molar-refractivity contribution in [3.8, 4) is 0 Å². The third-order valence-electron chi connectivity index (χ3n) is 7.16. The molecule has 32 heavy (non-hydrogen) atoms. The second kappa shape index (κ2) is 9.74. The van der Waals surface area contributed by atoms with Gasteiger partial charge in [-0.3, -0.25) is 4.79 Å². The van der Waals surface area contributed by atoms with E-state index in [1.807, 2.05) is 36.4 Å². The van der Waals surface area contributed by atoms with Gasteiger partial charge in [-0.1, -0.05) is 60.7 Å². The van der Waals surface area contributed by atoms with Gasteiger partial charge in [-0.15, -0.1) is 0 Å². The summed E-state index contributed by atoms with van der Waals surface area (Å²) in [5, 5.41) is 13.0. The summed E-state index contributed by atoms with van der Waals surface area (Å²) in [5.74, 6) is -0.00000502. The second-order valence-electron chi connectivity index (χ2n) is 9.16. The van der Waals surface area contributed by atoms with Crippen molar-refractivity contribution in [3.63, 3.8) is 0 Å². The van der Waals surface area contributed by atoms with Crippen molar-refractivity contribution in [3.05, 3.63) is 71.8 Å². The highest BCUT2D eigenvalue weighted by molar-refractivity contribution is 5.74. The third-order valence-corrected chi connectivity index (χ3v) is 7.16. The van der Waals surface area contributed by atoms with Crippen LogP contribution in [0.15, 0.2) is 60.7 Å². The van der Waals surface area contributed by atoms with Gasteiger partial charge >= 0.3 is 6.09 Å². The molecule has 0 aliphatic carbocycles. The van der Waals surface area contributed by atoms with Crippen LogP contribution in [0.1, 0.15) is 43.7 Å². The Kier molecular flexibility index (Phi) is 6.80. The Morgan fingerprint density at radius 2 is 1.62 bits per heavy atom. The van der Waals surface area contributed by atoms with E-state index in [-0.39, 0.29) is 17.5 Å². The molecule has 2 N–H and O–H groups in total. The molecule has 2 aliphatic heterocycles. The second-order valence-corrected chi connectivity index (χ2v) is 9.16. The average molecular weight is 436 g/mol. The number of nitrogens with one attached hydrogen (secondary N) is 1. The molecule has 2 fully saturated rings. The van der Waals surface area contributed by atoms with Crippen molar-refractivity contribution in [2.75, 3.05) is 19.6 Å². The van der Waals surface area contributed by atoms with Crippen molar-refractivity contribution in [2.24, 2.45) is 0 Å². The van der Waals surface area contributed by atoms with E-state index >= 15 is 0 Å². The van der Waals surface area contributed by atoms with E-state index in [9.17, 15) is 14.7 Å². The van der Waals surface area contributed by atoms with Crippen LogP contribution in [0.2, 0.25) is 0 Å². The van der Waals surface area contributed by atoms with Gasteiger partial charge in [0.05, 0.1) is 5.54 Å². The fourth-order valence-electron chi connectivity index (χ4n) is 5.54. The van der Waals surface area contributed by atoms with Gasteiger partial charge in [0, 0.05) is 38.6 Å². The largest absolute Gasteiger partial charge is 0.465 e. The number of likely N-dealkylation sites (tertiary alicyclic amines) is 2. The zero-order valence-electron chi connectivity index (χ0n) is 18.7. The van der Waals surface area contributed by atoms with Gasteiger partial charge < -0.3 is 20.2 Å². The topological polar surface area (TPSA) is 72.9 Å². The molecule has 0 radical (unpaired) electrons. The maximum Gasteiger partial charge on any atom is 0.407 e. The van der Waals surface area contributed by atoms with E-state index in [1.165, 1.54) is 5.56 Å². The predicted molar refractivity (Wildman–Crippen MR) is 124 cm³/mol. The molecule has 2 saturated heterocycles. The third kappa shape index (κ3) is 4.96. The molecule has 2 heterocycles. The first kappa shape index (κ1) is 22.3. The van der Waals surface area contributed by atoms with Crippen molar-refractivity contribution in [1.82, 2.24) is 15.1 Å². The lowest BCUT2D eigenvalue weighted by molar-refractivity contribution is -0.121. The number of hydrogen-bond donors (Lipinski definition) is 2. The molecule has 0 bridgehead atoms. The molecular weight excluding hydrogens is 402 g/mol. The number of piperidine rings is 2. The summed E-state index contributed by atoms with van der Waals surface area (Å²) in [7, 11) is 0. The van der Waals surface area contributed by atoms with Gasteiger partial charge in [0.1, 0.15) is 0 Å². The molecule has 2 amide bonds. The molecular formula is C26H33N3O3. The highest BCUT2D eigenvalue weighted by Crippen LogP contribution is 2.35. The lowest BCUT2D eigenvalue weighted by Crippen LogP contribution is -2.57. The number of benzene rings is 2. The summed E-state index contributed by atoms with van der Waals surface area (Å²) in [6, 6.07) is 20.8. The van der Waals surface area contributed by atoms with Crippen molar-refractivity contribution >= 4 is 12.0 Å². The molecule has 0 aromatic heterocycles. The van der Waals surface area contributed by atoms with Crippen molar-refractivity contribution in [1.29, 1.82) is 0 Å². The van der Waals surface area contributed by atoms with Crippen LogP contribution in [-0.4, -0.2) is 58.6 Å². The molecule has 4 rings (SSSR count). The summed E-state index contributed by atoms with van der Waals surface area (Å²) in [6.07, 6.45) is 3.35. The Bertz CT molecular complexity index is 910. The van der Waals surface area contributed by atoms with E-state index in [4.69, 9.17) is 0 Å². The zero-order valence-corrected chi connectivity index (χ0v) is 18.7. The van der Waals surface area contributed by atoms with Gasteiger partial charge in [-0.05, 0) is 43.2 Å². The molecule has 6 heteroatoms. The molecule has 2 unspecified atom stereocenters. The van der Waals surface area contributed by atoms with Crippen LogP contribution in [0.3, 0.4) is 0 Å². The maximum absolute atomic E-state index is 12.0. The SMILES string of the molecule is CC(=O)NC1(c2ccccc2)CCN(C2CCN(C(=O)O)C(Cc3ccccc3)C2)CC1. The van der Waals surface area contributed by atoms with Crippen LogP contribution in [0.4, 0.5) is 4.79 Å². The maximum atomic E-state index is 12.0. The number of carbonyl (C=O) groups excluding carboxylic acids is 1. The van der Waals surface area contributed by atoms with Crippen LogP contribution in [-0.2, 0) is 16.8 Å². The minimum Gasteiger partial charge on any atom is -0.465 e. The number of amides is 2. The van der Waals surface area contributed by atoms with Crippen LogP contribution < -0.4 is 5.32 Å². The molecule has 6 nitrogen and oxygen atoms in total. The van der Waals surface area contributed by atoms with E-state index in [0.717, 1.165) is 50.8 Å². The Balaban J connectivity index is 1.45. The molecule has 0 spiro atoms. The number of hydrogen-bond acceptors (Lipinski definition) is 3. The summed E-state index contributed by atoms with van der Waals surface area (Å²) in [6.45, 7) is 3.95. The van der Waals surface area contributed by atoms with Crippen molar-refractivity contribution < 1.29 is 14.7 Å². The van der Waals surface area contributed by atoms with E-state index in [2.05, 4.69) is 34.5 Å². The first-order valence-corrected chi connectivity index (χ1v) is 11.6. The number of carbonyl (C=O) groups is 2. The minimum atomic E-state index is -0.822. The average Bonchev–Trinajstić information content (AvgIpc) is 2.80. The number of rotatable bonds is 5. The van der Waals surface area contributed by atoms with Crippen LogP contribution >= 0.6 is 0 Å². The molecule has 2 atom stereocenters. The van der Waals surface area contributed by atoms with Gasteiger partial charge in [0.15, 0.2) is 0 Å². The fraction of sp³-hybridized carbons (Fsp3) is 0.462. The monoisotopic (exact) mass is 435 g/mol. The summed E-state index contributed by atoms with van der Waals surface area (Å²) < 4.78 is 0. The standard InChI is InChI=1S/C26H33N3O3/c1-20(30)27-26(22-10-6-3-7-11-22)13-16-28(17-14-26)23-12-15-29(25(31)32)24(19-23)18-21-8-4-2-5-9-21/h2-11,23-24H,12-19H2,1H3,(H,27,30)(H,31,32). The normalized spacial score (nSPS) is 23.5. The van der Waals surface area contributed by atoms with E-state index < -0.39 is 6.09 Å². The number of carboxylic acid groups (broad SMARTS) is 1. The zero-order chi connectivity index (χ0) is 22.6. The highest BCUT2D eigenvalue weighted by Gasteiger charge is 2.41. The lowest BCUT2D eigenvalue weighted by Gasteiger charge is -2.48. The van der Waals surface area contributed by atoms with E-state index in [1.54, 1.807) is 11.8 Å². The highest BCUT2D eigenvalue weighted by atomic mass is 16.4. The minimum absolute atomic E-state index is 0.00000502. The van der Waals surface area contributed by atoms with E-state index in [0.29, 0.717) is 12.6 Å². The Hall–Kier alpha value is -2.86. The van der Waals surface area contributed by atoms with Crippen LogP contribution in [0, 0.1) is 0 Å². The first-order valence-electron chi connectivity index (χ1n) is 11.6. The van der Waals surface area contributed by atoms with Gasteiger partial charge in [-0.25, -0.2) is 4.79 Å². The molecule has 170 valence electrons. The fourth-order valence-corrected chi connectivity index (χ4v) is 5.54. The van der Waals surface area contributed by atoms with Gasteiger partial charge in [0.2, 0.25) is 5.91 Å². The number of nitrogens with zero attached hydrogens (tertiary/aromatic N) is 2. The van der Waals surface area contributed by atoms with Crippen molar-refractivity contribution in [2.45, 2.75) is 56.7 Å². The molecule has 2 aliphatic rings. The quantitative estimate of drug-likeness (QED) is 0.748. The van der Waals surface area contributed by atoms with Crippen LogP contribution in [0.25, 0.3) is 0 Å². The molecule has 2 aromatic carbocycles. The summed E-state index contributed by atoms with van der Waals surface area (Å²) in [5.41, 5.74) is 2.02. The summed E-state index contributed by atoms with van der Waals surface area (Å²) >= 11 is 0. The Morgan fingerprint density at radius 3 is 2.22 bits per heavy atom. The van der Waals surface area contributed by atoms with Gasteiger partial charge in [-0.2, -0.15) is 0 Å².